The van der Waals surface area contributed by atoms with Crippen LogP contribution in [0.4, 0.5) is 0 Å². The van der Waals surface area contributed by atoms with Crippen molar-refractivity contribution >= 4 is 11.8 Å². The quantitative estimate of drug-likeness (QED) is 0.852. The van der Waals surface area contributed by atoms with E-state index in [1.54, 1.807) is 0 Å². The van der Waals surface area contributed by atoms with Gasteiger partial charge in [0.25, 0.3) is 0 Å². The van der Waals surface area contributed by atoms with Gasteiger partial charge in [-0.1, -0.05) is 20.8 Å². The Hall–Kier alpha value is -1.06. The summed E-state index contributed by atoms with van der Waals surface area (Å²) in [6, 6.07) is -0.372. The third-order valence-corrected chi connectivity index (χ3v) is 4.95. The summed E-state index contributed by atoms with van der Waals surface area (Å²) in [6.07, 6.45) is 5.27. The first-order chi connectivity index (χ1) is 9.36. The van der Waals surface area contributed by atoms with Crippen molar-refractivity contribution in [1.82, 2.24) is 10.2 Å². The molecule has 4 heteroatoms. The van der Waals surface area contributed by atoms with Crippen LogP contribution in [0.15, 0.2) is 0 Å². The van der Waals surface area contributed by atoms with Crippen LogP contribution in [0, 0.1) is 23.2 Å². The minimum absolute atomic E-state index is 0.00475. The first-order valence-electron chi connectivity index (χ1n) is 7.94. The van der Waals surface area contributed by atoms with Crippen molar-refractivity contribution in [2.75, 3.05) is 13.1 Å². The number of hydrogen-bond donors (Lipinski definition) is 1. The molecule has 0 bridgehead atoms. The summed E-state index contributed by atoms with van der Waals surface area (Å²) in [6.45, 7) is 7.09. The molecule has 3 aliphatic rings. The molecular formula is C16H26N2O2. The van der Waals surface area contributed by atoms with Gasteiger partial charge in [0.1, 0.15) is 6.04 Å². The van der Waals surface area contributed by atoms with E-state index in [4.69, 9.17) is 0 Å². The third-order valence-electron chi connectivity index (χ3n) is 4.95. The van der Waals surface area contributed by atoms with Crippen molar-refractivity contribution in [3.05, 3.63) is 0 Å². The Morgan fingerprint density at radius 1 is 1.15 bits per heavy atom. The van der Waals surface area contributed by atoms with Gasteiger partial charge in [-0.2, -0.15) is 0 Å². The van der Waals surface area contributed by atoms with Crippen LogP contribution in [0.2, 0.25) is 0 Å². The van der Waals surface area contributed by atoms with Crippen LogP contribution in [0.1, 0.15) is 46.5 Å². The van der Waals surface area contributed by atoms with Crippen LogP contribution in [0.5, 0.6) is 0 Å². The van der Waals surface area contributed by atoms with E-state index < -0.39 is 0 Å². The molecule has 3 rings (SSSR count). The smallest absolute Gasteiger partial charge is 0.246 e. The standard InChI is InChI=1S/C16H26N2O2/c1-16(2,3)14-15(20)18(9-13(19)17-14)8-12(10-4-5-10)11-6-7-11/h10-12,14H,4-9H2,1-3H3,(H,17,19). The highest BCUT2D eigenvalue weighted by Crippen LogP contribution is 2.49. The van der Waals surface area contributed by atoms with E-state index in [0.717, 1.165) is 18.4 Å². The molecule has 1 N–H and O–H groups in total. The summed E-state index contributed by atoms with van der Waals surface area (Å²) in [5, 5.41) is 2.87. The largest absolute Gasteiger partial charge is 0.342 e. The monoisotopic (exact) mass is 278 g/mol. The lowest BCUT2D eigenvalue weighted by atomic mass is 9.84. The van der Waals surface area contributed by atoms with Crippen LogP contribution in [0.3, 0.4) is 0 Å². The maximum Gasteiger partial charge on any atom is 0.246 e. The van der Waals surface area contributed by atoms with Gasteiger partial charge in [0.2, 0.25) is 11.8 Å². The number of nitrogens with one attached hydrogen (secondary N) is 1. The van der Waals surface area contributed by atoms with E-state index in [-0.39, 0.29) is 29.8 Å². The van der Waals surface area contributed by atoms with Gasteiger partial charge in [-0.3, -0.25) is 9.59 Å². The van der Waals surface area contributed by atoms with Gasteiger partial charge in [-0.25, -0.2) is 0 Å². The van der Waals surface area contributed by atoms with E-state index in [9.17, 15) is 9.59 Å². The fraction of sp³-hybridized carbons (Fsp3) is 0.875. The highest BCUT2D eigenvalue weighted by Gasteiger charge is 2.45. The summed E-state index contributed by atoms with van der Waals surface area (Å²) < 4.78 is 0. The maximum atomic E-state index is 12.7. The second-order valence-electron chi connectivity index (χ2n) is 7.92. The summed E-state index contributed by atoms with van der Waals surface area (Å²) >= 11 is 0. The Bertz CT molecular complexity index is 407. The highest BCUT2D eigenvalue weighted by atomic mass is 16.2. The molecule has 0 aromatic heterocycles. The van der Waals surface area contributed by atoms with Gasteiger partial charge in [-0.15, -0.1) is 0 Å². The van der Waals surface area contributed by atoms with E-state index in [1.807, 2.05) is 25.7 Å². The lowest BCUT2D eigenvalue weighted by Crippen LogP contribution is -2.62. The molecule has 2 saturated carbocycles. The first-order valence-corrected chi connectivity index (χ1v) is 7.94. The Labute approximate surface area is 121 Å². The van der Waals surface area contributed by atoms with Crippen molar-refractivity contribution in [2.45, 2.75) is 52.5 Å². The van der Waals surface area contributed by atoms with Crippen molar-refractivity contribution < 1.29 is 9.59 Å². The average Bonchev–Trinajstić information content (AvgIpc) is 3.22. The lowest BCUT2D eigenvalue weighted by molar-refractivity contribution is -0.148. The lowest BCUT2D eigenvalue weighted by Gasteiger charge is -2.40. The number of carbonyl (C=O) groups excluding carboxylic acids is 2. The van der Waals surface area contributed by atoms with Crippen molar-refractivity contribution in [3.63, 3.8) is 0 Å². The van der Waals surface area contributed by atoms with Crippen LogP contribution in [-0.4, -0.2) is 35.8 Å². The second kappa shape index (κ2) is 4.74. The number of carbonyl (C=O) groups is 2. The zero-order valence-corrected chi connectivity index (χ0v) is 12.8. The molecule has 4 nitrogen and oxygen atoms in total. The molecule has 1 saturated heterocycles. The normalized spacial score (nSPS) is 28.0. The van der Waals surface area contributed by atoms with Crippen LogP contribution >= 0.6 is 0 Å². The Kier molecular flexibility index (Phi) is 3.30. The molecular weight excluding hydrogens is 252 g/mol. The minimum Gasteiger partial charge on any atom is -0.342 e. The molecule has 1 aliphatic heterocycles. The van der Waals surface area contributed by atoms with Gasteiger partial charge >= 0.3 is 0 Å². The molecule has 0 spiro atoms. The summed E-state index contributed by atoms with van der Waals surface area (Å²) in [4.78, 5) is 26.4. The number of amides is 2. The van der Waals surface area contributed by atoms with Crippen molar-refractivity contribution in [2.24, 2.45) is 23.2 Å². The second-order valence-corrected chi connectivity index (χ2v) is 7.92. The minimum atomic E-state index is -0.372. The Balaban J connectivity index is 1.70. The van der Waals surface area contributed by atoms with E-state index in [1.165, 1.54) is 25.7 Å². The zero-order chi connectivity index (χ0) is 14.5. The molecule has 2 amide bonds. The molecule has 3 fully saturated rings. The van der Waals surface area contributed by atoms with Gasteiger partial charge in [0.05, 0.1) is 6.54 Å². The topological polar surface area (TPSA) is 49.4 Å². The number of rotatable bonds is 4. The number of nitrogens with zero attached hydrogens (tertiary/aromatic N) is 1. The van der Waals surface area contributed by atoms with Gasteiger partial charge in [0, 0.05) is 6.54 Å². The number of hydrogen-bond acceptors (Lipinski definition) is 2. The third kappa shape index (κ3) is 2.84. The SMILES string of the molecule is CC(C)(C)C1NC(=O)CN(CC(C2CC2)C2CC2)C1=O. The van der Waals surface area contributed by atoms with Crippen molar-refractivity contribution in [3.8, 4) is 0 Å². The molecule has 0 radical (unpaired) electrons. The Morgan fingerprint density at radius 2 is 1.70 bits per heavy atom. The number of piperazine rings is 1. The molecule has 1 heterocycles. The predicted molar refractivity (Wildman–Crippen MR) is 76.9 cm³/mol. The van der Waals surface area contributed by atoms with E-state index in [0.29, 0.717) is 5.92 Å². The highest BCUT2D eigenvalue weighted by molar-refractivity contribution is 5.95. The van der Waals surface area contributed by atoms with Gasteiger partial charge in [-0.05, 0) is 48.9 Å². The molecule has 0 aromatic rings. The Morgan fingerprint density at radius 3 is 2.15 bits per heavy atom. The molecule has 112 valence electrons. The van der Waals surface area contributed by atoms with E-state index in [2.05, 4.69) is 5.32 Å². The average molecular weight is 278 g/mol. The fourth-order valence-corrected chi connectivity index (χ4v) is 3.43. The van der Waals surface area contributed by atoms with Gasteiger partial charge < -0.3 is 10.2 Å². The van der Waals surface area contributed by atoms with E-state index >= 15 is 0 Å². The van der Waals surface area contributed by atoms with Gasteiger partial charge in [0.15, 0.2) is 0 Å². The molecule has 0 aromatic carbocycles. The van der Waals surface area contributed by atoms with Crippen LogP contribution < -0.4 is 5.32 Å². The molecule has 1 unspecified atom stereocenters. The first kappa shape index (κ1) is 13.9. The molecule has 1 atom stereocenters. The summed E-state index contributed by atoms with van der Waals surface area (Å²) in [7, 11) is 0. The van der Waals surface area contributed by atoms with Crippen LogP contribution in [0.25, 0.3) is 0 Å². The van der Waals surface area contributed by atoms with Crippen molar-refractivity contribution in [1.29, 1.82) is 0 Å². The molecule has 20 heavy (non-hydrogen) atoms. The summed E-state index contributed by atoms with van der Waals surface area (Å²) in [5.74, 6) is 2.38. The predicted octanol–water partition coefficient (Wildman–Crippen LogP) is 1.80. The van der Waals surface area contributed by atoms with Crippen LogP contribution in [-0.2, 0) is 9.59 Å². The maximum absolute atomic E-state index is 12.7. The fourth-order valence-electron chi connectivity index (χ4n) is 3.43. The zero-order valence-electron chi connectivity index (χ0n) is 12.8. The summed E-state index contributed by atoms with van der Waals surface area (Å²) in [5.41, 5.74) is -0.222. The molecule has 2 aliphatic carbocycles.